The summed E-state index contributed by atoms with van der Waals surface area (Å²) in [6.45, 7) is 1.57. The zero-order valence-electron chi connectivity index (χ0n) is 11.1. The molecule has 2 N–H and O–H groups in total. The molecule has 0 radical (unpaired) electrons. The maximum atomic E-state index is 13.4. The molecule has 0 fully saturated rings. The van der Waals surface area contributed by atoms with Gasteiger partial charge in [-0.15, -0.1) is 0 Å². The highest BCUT2D eigenvalue weighted by molar-refractivity contribution is 6.41. The third-order valence-corrected chi connectivity index (χ3v) is 3.86. The molecule has 8 heteroatoms. The van der Waals surface area contributed by atoms with Gasteiger partial charge >= 0.3 is 0 Å². The molecule has 22 heavy (non-hydrogen) atoms. The van der Waals surface area contributed by atoms with Gasteiger partial charge in [0.25, 0.3) is 0 Å². The van der Waals surface area contributed by atoms with Crippen LogP contribution in [-0.4, -0.2) is 10.8 Å². The third kappa shape index (κ3) is 3.76. The number of benzene rings is 2. The molecule has 0 saturated carbocycles. The average Bonchev–Trinajstić information content (AvgIpc) is 2.41. The number of nitrogens with one attached hydrogen (secondary N) is 1. The number of rotatable bonds is 3. The average molecular weight is 382 g/mol. The lowest BCUT2D eigenvalue weighted by Gasteiger charge is -2.09. The second-order valence-corrected chi connectivity index (χ2v) is 6.00. The van der Waals surface area contributed by atoms with Gasteiger partial charge in [-0.2, -0.15) is 5.10 Å². The predicted molar refractivity (Wildman–Crippen MR) is 90.4 cm³/mol. The van der Waals surface area contributed by atoms with Crippen molar-refractivity contribution in [2.75, 3.05) is 5.43 Å². The van der Waals surface area contributed by atoms with Crippen LogP contribution in [0, 0.1) is 5.82 Å². The van der Waals surface area contributed by atoms with Gasteiger partial charge in [0.1, 0.15) is 11.6 Å². The molecule has 0 spiro atoms. The molecule has 3 nitrogen and oxygen atoms in total. The molecule has 2 aromatic rings. The summed E-state index contributed by atoms with van der Waals surface area (Å²) in [5.74, 6) is -0.852. The second kappa shape index (κ2) is 6.92. The van der Waals surface area contributed by atoms with Crippen molar-refractivity contribution in [2.45, 2.75) is 6.92 Å². The van der Waals surface area contributed by atoms with Crippen LogP contribution in [0.5, 0.6) is 5.75 Å². The molecule has 0 heterocycles. The summed E-state index contributed by atoms with van der Waals surface area (Å²) in [6, 6.07) is 5.12. The molecular formula is C14H9Cl4FN2O. The van der Waals surface area contributed by atoms with Gasteiger partial charge in [-0.25, -0.2) is 4.39 Å². The first-order valence-electron chi connectivity index (χ1n) is 5.93. The normalized spacial score (nSPS) is 11.6. The first kappa shape index (κ1) is 17.2. The quantitative estimate of drug-likeness (QED) is 0.507. The molecule has 0 aliphatic carbocycles. The Morgan fingerprint density at radius 3 is 2.23 bits per heavy atom. The van der Waals surface area contributed by atoms with Crippen molar-refractivity contribution in [2.24, 2.45) is 5.10 Å². The summed E-state index contributed by atoms with van der Waals surface area (Å²) in [5.41, 5.74) is 3.45. The van der Waals surface area contributed by atoms with E-state index in [-0.39, 0.29) is 26.4 Å². The van der Waals surface area contributed by atoms with Crippen molar-refractivity contribution >= 4 is 57.8 Å². The SMILES string of the molecule is CC(=NNc1c(Cl)cc(Cl)cc1Cl)c1cc(F)cc(Cl)c1O. The van der Waals surface area contributed by atoms with Crippen LogP contribution in [0.15, 0.2) is 29.4 Å². The maximum absolute atomic E-state index is 13.4. The highest BCUT2D eigenvalue weighted by Gasteiger charge is 2.12. The van der Waals surface area contributed by atoms with E-state index >= 15 is 0 Å². The number of hydrogen-bond donors (Lipinski definition) is 2. The number of phenolic OH excluding ortho intramolecular Hbond substituents is 1. The van der Waals surface area contributed by atoms with E-state index in [1.807, 2.05) is 0 Å². The van der Waals surface area contributed by atoms with E-state index in [9.17, 15) is 9.50 Å². The van der Waals surface area contributed by atoms with Gasteiger partial charge in [0, 0.05) is 10.6 Å². The smallest absolute Gasteiger partial charge is 0.143 e. The summed E-state index contributed by atoms with van der Waals surface area (Å²) in [7, 11) is 0. The molecule has 2 rings (SSSR count). The van der Waals surface area contributed by atoms with Crippen LogP contribution in [0.1, 0.15) is 12.5 Å². The van der Waals surface area contributed by atoms with E-state index < -0.39 is 5.82 Å². The van der Waals surface area contributed by atoms with Gasteiger partial charge in [0.05, 0.1) is 26.5 Å². The monoisotopic (exact) mass is 380 g/mol. The largest absolute Gasteiger partial charge is 0.506 e. The maximum Gasteiger partial charge on any atom is 0.143 e. The third-order valence-electron chi connectivity index (χ3n) is 2.76. The second-order valence-electron chi connectivity index (χ2n) is 4.34. The van der Waals surface area contributed by atoms with Crippen LogP contribution in [0.25, 0.3) is 0 Å². The lowest BCUT2D eigenvalue weighted by atomic mass is 10.1. The van der Waals surface area contributed by atoms with Gasteiger partial charge in [-0.1, -0.05) is 46.4 Å². The van der Waals surface area contributed by atoms with E-state index in [0.29, 0.717) is 16.4 Å². The first-order chi connectivity index (χ1) is 10.3. The number of aromatic hydroxyl groups is 1. The summed E-state index contributed by atoms with van der Waals surface area (Å²) in [4.78, 5) is 0. The molecule has 0 atom stereocenters. The minimum atomic E-state index is -0.588. The van der Waals surface area contributed by atoms with Gasteiger partial charge in [-0.05, 0) is 31.2 Å². The van der Waals surface area contributed by atoms with Crippen molar-refractivity contribution in [3.8, 4) is 5.75 Å². The molecule has 0 amide bonds. The van der Waals surface area contributed by atoms with Gasteiger partial charge in [0.15, 0.2) is 0 Å². The van der Waals surface area contributed by atoms with Crippen LogP contribution in [0.4, 0.5) is 10.1 Å². The Kier molecular flexibility index (Phi) is 5.40. The molecule has 0 unspecified atom stereocenters. The Morgan fingerprint density at radius 1 is 1.05 bits per heavy atom. The van der Waals surface area contributed by atoms with E-state index in [0.717, 1.165) is 12.1 Å². The van der Waals surface area contributed by atoms with Crippen LogP contribution in [-0.2, 0) is 0 Å². The minimum Gasteiger partial charge on any atom is -0.506 e. The highest BCUT2D eigenvalue weighted by atomic mass is 35.5. The Morgan fingerprint density at radius 2 is 1.64 bits per heavy atom. The Bertz CT molecular complexity index is 742. The highest BCUT2D eigenvalue weighted by Crippen LogP contribution is 2.34. The Hall–Kier alpha value is -1.20. The van der Waals surface area contributed by atoms with Gasteiger partial charge in [0.2, 0.25) is 0 Å². The molecule has 116 valence electrons. The van der Waals surface area contributed by atoms with Crippen molar-refractivity contribution in [3.63, 3.8) is 0 Å². The van der Waals surface area contributed by atoms with Crippen LogP contribution in [0.3, 0.4) is 0 Å². The van der Waals surface area contributed by atoms with E-state index in [2.05, 4.69) is 10.5 Å². The van der Waals surface area contributed by atoms with Crippen molar-refractivity contribution in [1.82, 2.24) is 0 Å². The molecule has 0 aliphatic heterocycles. The van der Waals surface area contributed by atoms with Crippen molar-refractivity contribution in [3.05, 3.63) is 55.7 Å². The summed E-state index contributed by atoms with van der Waals surface area (Å²) >= 11 is 23.6. The standard InChI is InChI=1S/C14H9Cl4FN2O/c1-6(9-4-8(19)5-12(18)14(9)22)20-21-13-10(16)2-7(15)3-11(13)17/h2-5,21-22H,1H3. The minimum absolute atomic E-state index is 0.105. The lowest BCUT2D eigenvalue weighted by Crippen LogP contribution is -2.02. The molecule has 0 aromatic heterocycles. The van der Waals surface area contributed by atoms with Gasteiger partial charge in [-0.3, -0.25) is 5.43 Å². The molecule has 0 bridgehead atoms. The number of phenols is 1. The number of halogens is 5. The zero-order valence-corrected chi connectivity index (χ0v) is 14.1. The number of nitrogens with zero attached hydrogens (tertiary/aromatic N) is 1. The van der Waals surface area contributed by atoms with E-state index in [4.69, 9.17) is 46.4 Å². The first-order valence-corrected chi connectivity index (χ1v) is 7.44. The molecule has 2 aromatic carbocycles. The zero-order chi connectivity index (χ0) is 16.4. The van der Waals surface area contributed by atoms with Crippen LogP contribution in [0.2, 0.25) is 20.1 Å². The number of hydrazone groups is 1. The molecular weight excluding hydrogens is 373 g/mol. The molecule has 0 aliphatic rings. The fraction of sp³-hybridized carbons (Fsp3) is 0.0714. The topological polar surface area (TPSA) is 44.6 Å². The van der Waals surface area contributed by atoms with Crippen LogP contribution >= 0.6 is 46.4 Å². The number of anilines is 1. The number of hydrogen-bond acceptors (Lipinski definition) is 3. The van der Waals surface area contributed by atoms with E-state index in [1.54, 1.807) is 6.92 Å². The lowest BCUT2D eigenvalue weighted by molar-refractivity contribution is 0.472. The fourth-order valence-corrected chi connectivity index (χ4v) is 2.80. The van der Waals surface area contributed by atoms with Crippen molar-refractivity contribution in [1.29, 1.82) is 0 Å². The molecule has 0 saturated heterocycles. The van der Waals surface area contributed by atoms with Crippen molar-refractivity contribution < 1.29 is 9.50 Å². The van der Waals surface area contributed by atoms with Gasteiger partial charge < -0.3 is 5.11 Å². The Labute approximate surface area is 146 Å². The Balaban J connectivity index is 2.35. The summed E-state index contributed by atoms with van der Waals surface area (Å²) < 4.78 is 13.4. The summed E-state index contributed by atoms with van der Waals surface area (Å²) in [5, 5.41) is 14.7. The van der Waals surface area contributed by atoms with E-state index in [1.165, 1.54) is 12.1 Å². The summed E-state index contributed by atoms with van der Waals surface area (Å²) in [6.07, 6.45) is 0. The fourth-order valence-electron chi connectivity index (χ4n) is 1.69. The predicted octanol–water partition coefficient (Wildman–Crippen LogP) is 5.98. The van der Waals surface area contributed by atoms with Crippen LogP contribution < -0.4 is 5.43 Å².